The molecule has 1 aromatic heterocycles. The third-order valence-corrected chi connectivity index (χ3v) is 3.86. The van der Waals surface area contributed by atoms with Crippen LogP contribution in [0.4, 0.5) is 0 Å². The predicted octanol–water partition coefficient (Wildman–Crippen LogP) is 4.68. The fourth-order valence-electron chi connectivity index (χ4n) is 2.23. The van der Waals surface area contributed by atoms with Gasteiger partial charge in [-0.15, -0.1) is 0 Å². The highest BCUT2D eigenvalue weighted by Crippen LogP contribution is 2.32. The van der Waals surface area contributed by atoms with Crippen LogP contribution in [0.25, 0.3) is 22.2 Å². The summed E-state index contributed by atoms with van der Waals surface area (Å²) in [5.74, 6) is 1.40. The van der Waals surface area contributed by atoms with E-state index >= 15 is 0 Å². The molecule has 0 saturated carbocycles. The topological polar surface area (TPSA) is 31.4 Å². The van der Waals surface area contributed by atoms with E-state index in [-0.39, 0.29) is 0 Å². The molecule has 0 saturated heterocycles. The number of halogens is 1. The first kappa shape index (κ1) is 13.9. The van der Waals surface area contributed by atoms with Crippen molar-refractivity contribution in [2.75, 3.05) is 14.2 Å². The molecule has 4 heteroatoms. The van der Waals surface area contributed by atoms with Crippen molar-refractivity contribution in [1.29, 1.82) is 0 Å². The summed E-state index contributed by atoms with van der Waals surface area (Å²) in [4.78, 5) is 4.71. The first-order chi connectivity index (χ1) is 10.2. The number of rotatable bonds is 3. The van der Waals surface area contributed by atoms with Crippen molar-refractivity contribution in [3.05, 3.63) is 53.0 Å². The lowest BCUT2D eigenvalue weighted by Crippen LogP contribution is -1.92. The Morgan fingerprint density at radius 3 is 2.19 bits per heavy atom. The fraction of sp³-hybridized carbons (Fsp3) is 0.118. The Kier molecular flexibility index (Phi) is 3.80. The highest BCUT2D eigenvalue weighted by Gasteiger charge is 2.08. The van der Waals surface area contributed by atoms with Crippen molar-refractivity contribution in [3.8, 4) is 22.8 Å². The number of methoxy groups -OCH3 is 2. The van der Waals surface area contributed by atoms with Crippen molar-refractivity contribution >= 4 is 26.8 Å². The molecule has 106 valence electrons. The van der Waals surface area contributed by atoms with Gasteiger partial charge in [-0.25, -0.2) is 4.98 Å². The number of ether oxygens (including phenoxy) is 2. The van der Waals surface area contributed by atoms with Gasteiger partial charge in [0.05, 0.1) is 25.4 Å². The second-order valence-corrected chi connectivity index (χ2v) is 5.52. The Hall–Kier alpha value is -2.07. The maximum atomic E-state index is 5.33. The van der Waals surface area contributed by atoms with Gasteiger partial charge in [0, 0.05) is 21.5 Å². The number of aromatic nitrogens is 1. The monoisotopic (exact) mass is 343 g/mol. The van der Waals surface area contributed by atoms with Gasteiger partial charge in [-0.3, -0.25) is 0 Å². The summed E-state index contributed by atoms with van der Waals surface area (Å²) in [6, 6.07) is 16.0. The minimum absolute atomic E-state index is 0.686. The molecule has 0 atom stereocenters. The van der Waals surface area contributed by atoms with Crippen LogP contribution in [0.5, 0.6) is 11.5 Å². The van der Waals surface area contributed by atoms with Crippen LogP contribution in [-0.4, -0.2) is 19.2 Å². The average Bonchev–Trinajstić information content (AvgIpc) is 2.53. The van der Waals surface area contributed by atoms with Crippen molar-refractivity contribution in [1.82, 2.24) is 4.98 Å². The van der Waals surface area contributed by atoms with Crippen LogP contribution in [0, 0.1) is 0 Å². The van der Waals surface area contributed by atoms with Crippen molar-refractivity contribution in [3.63, 3.8) is 0 Å². The van der Waals surface area contributed by atoms with Gasteiger partial charge in [-0.1, -0.05) is 34.1 Å². The van der Waals surface area contributed by atoms with Gasteiger partial charge < -0.3 is 9.47 Å². The van der Waals surface area contributed by atoms with E-state index < -0.39 is 0 Å². The van der Waals surface area contributed by atoms with E-state index in [2.05, 4.69) is 15.9 Å². The molecule has 3 rings (SSSR count). The number of fused-ring (bicyclic) bond motifs is 1. The van der Waals surface area contributed by atoms with Crippen LogP contribution in [-0.2, 0) is 0 Å². The van der Waals surface area contributed by atoms with Gasteiger partial charge in [-0.2, -0.15) is 0 Å². The zero-order chi connectivity index (χ0) is 14.8. The fourth-order valence-corrected chi connectivity index (χ4v) is 2.50. The second-order valence-electron chi connectivity index (χ2n) is 4.60. The summed E-state index contributed by atoms with van der Waals surface area (Å²) in [6.07, 6.45) is 0. The molecule has 1 heterocycles. The molecular weight excluding hydrogens is 330 g/mol. The number of benzene rings is 2. The number of hydrogen-bond donors (Lipinski definition) is 0. The number of nitrogens with zero attached hydrogens (tertiary/aromatic N) is 1. The summed E-state index contributed by atoms with van der Waals surface area (Å²) < 4.78 is 11.7. The zero-order valence-corrected chi connectivity index (χ0v) is 13.3. The van der Waals surface area contributed by atoms with Crippen LogP contribution >= 0.6 is 15.9 Å². The molecule has 21 heavy (non-hydrogen) atoms. The van der Waals surface area contributed by atoms with Crippen LogP contribution in [0.2, 0.25) is 0 Å². The van der Waals surface area contributed by atoms with Crippen molar-refractivity contribution in [2.45, 2.75) is 0 Å². The highest BCUT2D eigenvalue weighted by atomic mass is 79.9. The molecular formula is C17H14BrNO2. The largest absolute Gasteiger partial charge is 0.493 e. The van der Waals surface area contributed by atoms with E-state index in [1.807, 2.05) is 48.5 Å². The molecule has 0 unspecified atom stereocenters. The quantitative estimate of drug-likeness (QED) is 0.691. The Bertz CT molecular complexity index is 785. The molecule has 0 aliphatic rings. The van der Waals surface area contributed by atoms with Gasteiger partial charge in [0.25, 0.3) is 0 Å². The van der Waals surface area contributed by atoms with E-state index in [1.165, 1.54) is 0 Å². The molecule has 3 nitrogen and oxygen atoms in total. The SMILES string of the molecule is COc1cc2ccc(-c3ccc(Br)cc3)nc2cc1OC. The van der Waals surface area contributed by atoms with Gasteiger partial charge in [0.1, 0.15) is 0 Å². The van der Waals surface area contributed by atoms with E-state index in [9.17, 15) is 0 Å². The molecule has 0 bridgehead atoms. The Balaban J connectivity index is 2.13. The molecule has 0 N–H and O–H groups in total. The molecule has 0 aliphatic heterocycles. The minimum atomic E-state index is 0.686. The third kappa shape index (κ3) is 2.72. The van der Waals surface area contributed by atoms with E-state index in [0.717, 1.165) is 26.6 Å². The van der Waals surface area contributed by atoms with E-state index in [1.54, 1.807) is 14.2 Å². The first-order valence-electron chi connectivity index (χ1n) is 6.50. The van der Waals surface area contributed by atoms with Crippen molar-refractivity contribution in [2.24, 2.45) is 0 Å². The smallest absolute Gasteiger partial charge is 0.162 e. The van der Waals surface area contributed by atoms with Gasteiger partial charge in [0.15, 0.2) is 11.5 Å². The van der Waals surface area contributed by atoms with Crippen molar-refractivity contribution < 1.29 is 9.47 Å². The molecule has 0 spiro atoms. The molecule has 0 fully saturated rings. The summed E-state index contributed by atoms with van der Waals surface area (Å²) in [6.45, 7) is 0. The summed E-state index contributed by atoms with van der Waals surface area (Å²) in [5.41, 5.74) is 2.89. The molecule has 0 radical (unpaired) electrons. The maximum Gasteiger partial charge on any atom is 0.162 e. The van der Waals surface area contributed by atoms with E-state index in [0.29, 0.717) is 11.5 Å². The van der Waals surface area contributed by atoms with Crippen LogP contribution < -0.4 is 9.47 Å². The number of hydrogen-bond acceptors (Lipinski definition) is 3. The predicted molar refractivity (Wildman–Crippen MR) is 88.0 cm³/mol. The third-order valence-electron chi connectivity index (χ3n) is 3.33. The molecule has 0 aliphatic carbocycles. The molecule has 2 aromatic carbocycles. The normalized spacial score (nSPS) is 10.6. The highest BCUT2D eigenvalue weighted by molar-refractivity contribution is 9.10. The summed E-state index contributed by atoms with van der Waals surface area (Å²) in [5, 5.41) is 1.02. The Morgan fingerprint density at radius 1 is 0.857 bits per heavy atom. The molecule has 0 amide bonds. The standard InChI is InChI=1S/C17H14BrNO2/c1-20-16-9-12-5-8-14(11-3-6-13(18)7-4-11)19-15(12)10-17(16)21-2/h3-10H,1-2H3. The minimum Gasteiger partial charge on any atom is -0.493 e. The lowest BCUT2D eigenvalue weighted by Gasteiger charge is -2.09. The van der Waals surface area contributed by atoms with Crippen LogP contribution in [0.3, 0.4) is 0 Å². The first-order valence-corrected chi connectivity index (χ1v) is 7.29. The lowest BCUT2D eigenvalue weighted by molar-refractivity contribution is 0.356. The van der Waals surface area contributed by atoms with Crippen LogP contribution in [0.15, 0.2) is 53.0 Å². The summed E-state index contributed by atoms with van der Waals surface area (Å²) in [7, 11) is 3.26. The van der Waals surface area contributed by atoms with Crippen LogP contribution in [0.1, 0.15) is 0 Å². The maximum absolute atomic E-state index is 5.33. The molecule has 3 aromatic rings. The van der Waals surface area contributed by atoms with Gasteiger partial charge >= 0.3 is 0 Å². The van der Waals surface area contributed by atoms with Gasteiger partial charge in [0.2, 0.25) is 0 Å². The number of pyridine rings is 1. The zero-order valence-electron chi connectivity index (χ0n) is 11.8. The Morgan fingerprint density at radius 2 is 1.52 bits per heavy atom. The van der Waals surface area contributed by atoms with E-state index in [4.69, 9.17) is 14.5 Å². The second kappa shape index (κ2) is 5.74. The lowest BCUT2D eigenvalue weighted by atomic mass is 10.1. The summed E-state index contributed by atoms with van der Waals surface area (Å²) >= 11 is 3.44. The average molecular weight is 344 g/mol. The van der Waals surface area contributed by atoms with Gasteiger partial charge in [-0.05, 0) is 24.3 Å². The Labute approximate surface area is 131 Å².